The number of amides is 2. The summed E-state index contributed by atoms with van der Waals surface area (Å²) in [6, 6.07) is 0. The van der Waals surface area contributed by atoms with Crippen molar-refractivity contribution in [1.82, 2.24) is 10.6 Å². The van der Waals surface area contributed by atoms with Crippen molar-refractivity contribution >= 4 is 117 Å². The number of alkyl carbamates (subject to hydrolysis) is 1. The average molecular weight is 705 g/mol. The third-order valence-electron chi connectivity index (χ3n) is 3.24. The highest BCUT2D eigenvalue weighted by atomic mass is 32.2. The second kappa shape index (κ2) is 33.0. The summed E-state index contributed by atoms with van der Waals surface area (Å²) < 4.78 is 16.6. The maximum absolute atomic E-state index is 11.9. The number of nitrogens with zero attached hydrogens (tertiary/aromatic N) is 2. The average Bonchev–Trinajstić information content (AvgIpc) is 2.93. The molecule has 1 atom stereocenters. The zero-order valence-electron chi connectivity index (χ0n) is 21.3. The molecule has 0 aliphatic rings. The van der Waals surface area contributed by atoms with Crippen LogP contribution in [-0.4, -0.2) is 126 Å². The van der Waals surface area contributed by atoms with Gasteiger partial charge in [0, 0.05) is 32.5 Å². The van der Waals surface area contributed by atoms with E-state index in [1.165, 1.54) is 35.5 Å². The van der Waals surface area contributed by atoms with Gasteiger partial charge in [-0.15, -0.1) is 58.8 Å². The van der Waals surface area contributed by atoms with Crippen molar-refractivity contribution in [3.8, 4) is 0 Å². The molecule has 4 N–H and O–H groups in total. The third kappa shape index (κ3) is 32.9. The SMILES string of the molecule is O=C(NCSCSC/N=C/[S+]([O-])CCSCSCCSC(=O)NCSCSC/N=C\OOCCO)OCCO. The van der Waals surface area contributed by atoms with E-state index in [9.17, 15) is 14.1 Å². The Morgan fingerprint density at radius 1 is 0.846 bits per heavy atom. The Hall–Kier alpha value is 0.520. The Balaban J connectivity index is 3.39. The van der Waals surface area contributed by atoms with Crippen molar-refractivity contribution in [2.45, 2.75) is 0 Å². The van der Waals surface area contributed by atoms with Crippen LogP contribution in [0.1, 0.15) is 0 Å². The normalized spacial score (nSPS) is 12.2. The first-order valence-electron chi connectivity index (χ1n) is 11.2. The van der Waals surface area contributed by atoms with E-state index in [0.717, 1.165) is 32.5 Å². The van der Waals surface area contributed by atoms with Gasteiger partial charge in [0.15, 0.2) is 0 Å². The summed E-state index contributed by atoms with van der Waals surface area (Å²) in [6.45, 7) is -0.224. The van der Waals surface area contributed by atoms with Gasteiger partial charge in [-0.1, -0.05) is 11.8 Å². The Bertz CT molecular complexity index is 646. The van der Waals surface area contributed by atoms with Crippen LogP contribution in [0.15, 0.2) is 9.98 Å². The van der Waals surface area contributed by atoms with Gasteiger partial charge in [-0.2, -0.15) is 16.6 Å². The first kappa shape index (κ1) is 39.5. The molecule has 0 aliphatic heterocycles. The van der Waals surface area contributed by atoms with Gasteiger partial charge in [0.05, 0.1) is 36.7 Å². The fourth-order valence-electron chi connectivity index (χ4n) is 1.70. The van der Waals surface area contributed by atoms with E-state index >= 15 is 0 Å². The Morgan fingerprint density at radius 2 is 1.51 bits per heavy atom. The van der Waals surface area contributed by atoms with Crippen LogP contribution < -0.4 is 10.6 Å². The summed E-state index contributed by atoms with van der Waals surface area (Å²) >= 11 is 9.90. The molecule has 20 heteroatoms. The first-order chi connectivity index (χ1) is 19.1. The summed E-state index contributed by atoms with van der Waals surface area (Å²) in [5.41, 5.74) is 1.49. The molecule has 0 aromatic rings. The Morgan fingerprint density at radius 3 is 2.26 bits per heavy atom. The molecular formula is C19H36N4O8S8. The van der Waals surface area contributed by atoms with Gasteiger partial charge in [0.25, 0.3) is 5.24 Å². The molecule has 0 spiro atoms. The quantitative estimate of drug-likeness (QED) is 0.0187. The molecule has 0 radical (unpaired) electrons. The van der Waals surface area contributed by atoms with Gasteiger partial charge in [0.2, 0.25) is 11.9 Å². The largest absolute Gasteiger partial charge is 0.611 e. The van der Waals surface area contributed by atoms with E-state index in [-0.39, 0.29) is 31.7 Å². The van der Waals surface area contributed by atoms with Crippen LogP contribution in [-0.2, 0) is 25.7 Å². The molecule has 0 rings (SSSR count). The van der Waals surface area contributed by atoms with E-state index in [0.29, 0.717) is 29.3 Å². The molecule has 0 bridgehead atoms. The van der Waals surface area contributed by atoms with Crippen LogP contribution in [0.3, 0.4) is 0 Å². The van der Waals surface area contributed by atoms with Gasteiger partial charge in [-0.05, 0) is 11.2 Å². The first-order valence-corrected chi connectivity index (χ1v) is 20.5. The highest BCUT2D eigenvalue weighted by Crippen LogP contribution is 2.16. The molecule has 228 valence electrons. The number of rotatable bonds is 27. The van der Waals surface area contributed by atoms with Crippen molar-refractivity contribution in [3.05, 3.63) is 0 Å². The standard InChI is InChI=1S/C19H36N4O8S8/c24-1-3-29-18(26)22-12-36-17-35-11-21-14-39(28)8-7-33-15-32-5-6-38-19(27)23-13-37-16-34-10-20-9-31-30-4-2-25/h9,14,24-25H,1-8,10-13,15-17H2,(H,22,26)(H,23,27)/b20-9-,21-14+. The molecule has 2 amide bonds. The topological polar surface area (TPSA) is 174 Å². The summed E-state index contributed by atoms with van der Waals surface area (Å²) in [7, 11) is 0. The van der Waals surface area contributed by atoms with Crippen LogP contribution in [0.4, 0.5) is 9.59 Å². The Labute approximate surface area is 262 Å². The maximum atomic E-state index is 11.9. The number of hydrogen-bond acceptors (Lipinski definition) is 17. The van der Waals surface area contributed by atoms with Gasteiger partial charge in [-0.25, -0.2) is 14.8 Å². The zero-order chi connectivity index (χ0) is 28.7. The molecule has 0 saturated heterocycles. The van der Waals surface area contributed by atoms with Crippen molar-refractivity contribution in [3.63, 3.8) is 0 Å². The predicted molar refractivity (Wildman–Crippen MR) is 176 cm³/mol. The van der Waals surface area contributed by atoms with E-state index in [2.05, 4.69) is 35.1 Å². The summed E-state index contributed by atoms with van der Waals surface area (Å²) in [5, 5.41) is 24.8. The molecule has 0 saturated carbocycles. The van der Waals surface area contributed by atoms with Gasteiger partial charge < -0.3 is 35.0 Å². The Kier molecular flexibility index (Phi) is 33.5. The number of carbonyl (C=O) groups excluding carboxylic acids is 2. The molecule has 0 fully saturated rings. The molecule has 0 aromatic carbocycles. The van der Waals surface area contributed by atoms with Gasteiger partial charge >= 0.3 is 6.09 Å². The molecule has 0 aliphatic carbocycles. The van der Waals surface area contributed by atoms with E-state index in [4.69, 9.17) is 10.2 Å². The van der Waals surface area contributed by atoms with Crippen LogP contribution >= 0.6 is 82.3 Å². The summed E-state index contributed by atoms with van der Waals surface area (Å²) in [5.74, 6) is 4.93. The maximum Gasteiger partial charge on any atom is 0.407 e. The van der Waals surface area contributed by atoms with E-state index in [1.807, 2.05) is 0 Å². The fraction of sp³-hybridized carbons (Fsp3) is 0.789. The lowest BCUT2D eigenvalue weighted by Crippen LogP contribution is -2.24. The van der Waals surface area contributed by atoms with Gasteiger partial charge in [0.1, 0.15) is 19.0 Å². The number of aliphatic imine (C=N–C) groups is 2. The molecule has 0 heterocycles. The van der Waals surface area contributed by atoms with Crippen molar-refractivity contribution in [1.29, 1.82) is 0 Å². The number of thioether (sulfide) groups is 7. The van der Waals surface area contributed by atoms with Crippen LogP contribution in [0, 0.1) is 0 Å². The van der Waals surface area contributed by atoms with E-state index < -0.39 is 17.3 Å². The lowest BCUT2D eigenvalue weighted by molar-refractivity contribution is -0.221. The highest BCUT2D eigenvalue weighted by Gasteiger charge is 2.04. The minimum atomic E-state index is -1.08. The highest BCUT2D eigenvalue weighted by molar-refractivity contribution is 8.18. The summed E-state index contributed by atoms with van der Waals surface area (Å²) in [6.07, 6.45) is 0.638. The van der Waals surface area contributed by atoms with Crippen LogP contribution in [0.2, 0.25) is 0 Å². The minimum Gasteiger partial charge on any atom is -0.611 e. The number of carbonyl (C=O) groups is 2. The van der Waals surface area contributed by atoms with Crippen molar-refractivity contribution < 1.29 is 38.9 Å². The molecule has 1 unspecified atom stereocenters. The summed E-state index contributed by atoms with van der Waals surface area (Å²) in [4.78, 5) is 40.2. The number of ether oxygens (including phenoxy) is 1. The molecule has 12 nitrogen and oxygen atoms in total. The number of aliphatic hydroxyl groups excluding tert-OH is 2. The number of nitrogens with one attached hydrogen (secondary N) is 2. The molecular weight excluding hydrogens is 669 g/mol. The van der Waals surface area contributed by atoms with Crippen LogP contribution in [0.5, 0.6) is 0 Å². The molecule has 0 aromatic heterocycles. The smallest absolute Gasteiger partial charge is 0.407 e. The minimum absolute atomic E-state index is 0.0180. The number of hydrogen-bond donors (Lipinski definition) is 4. The molecule has 39 heavy (non-hydrogen) atoms. The van der Waals surface area contributed by atoms with Gasteiger partial charge in [-0.3, -0.25) is 4.79 Å². The second-order valence-corrected chi connectivity index (χ2v) is 15.8. The zero-order valence-corrected chi connectivity index (χ0v) is 27.8. The third-order valence-corrected chi connectivity index (χ3v) is 11.9. The monoisotopic (exact) mass is 704 g/mol. The predicted octanol–water partition coefficient (Wildman–Crippen LogP) is 3.00. The fourth-order valence-corrected chi connectivity index (χ4v) is 8.94. The lowest BCUT2D eigenvalue weighted by atomic mass is 10.8. The van der Waals surface area contributed by atoms with Crippen LogP contribution in [0.25, 0.3) is 0 Å². The lowest BCUT2D eigenvalue weighted by Gasteiger charge is -2.06. The second-order valence-electron chi connectivity index (χ2n) is 6.19. The number of aliphatic hydroxyl groups is 2. The van der Waals surface area contributed by atoms with E-state index in [1.54, 1.807) is 58.8 Å². The van der Waals surface area contributed by atoms with Crippen molar-refractivity contribution in [2.75, 3.05) is 88.2 Å². The van der Waals surface area contributed by atoms with Crippen molar-refractivity contribution in [2.24, 2.45) is 9.98 Å².